The molecule has 33 heavy (non-hydrogen) atoms. The Labute approximate surface area is 188 Å². The lowest BCUT2D eigenvalue weighted by Gasteiger charge is -2.26. The summed E-state index contributed by atoms with van der Waals surface area (Å²) in [7, 11) is 0. The maximum atomic E-state index is 12.2. The molecule has 0 fully saturated rings. The third kappa shape index (κ3) is 4.57. The van der Waals surface area contributed by atoms with Crippen molar-refractivity contribution in [1.82, 2.24) is 0 Å². The molecule has 162 valence electrons. The third-order valence-corrected chi connectivity index (χ3v) is 5.06. The van der Waals surface area contributed by atoms with Crippen molar-refractivity contribution in [3.05, 3.63) is 117 Å². The zero-order valence-electron chi connectivity index (χ0n) is 17.2. The fourth-order valence-corrected chi connectivity index (χ4v) is 3.51. The van der Waals surface area contributed by atoms with Crippen LogP contribution in [0.5, 0.6) is 11.5 Å². The first-order chi connectivity index (χ1) is 16.0. The first kappa shape index (κ1) is 21.3. The first-order valence-electron chi connectivity index (χ1n) is 9.87. The lowest BCUT2D eigenvalue weighted by atomic mass is 9.83. The highest BCUT2D eigenvalue weighted by Gasteiger charge is 2.31. The number of nitrogens with two attached hydrogens (primary N) is 1. The van der Waals surface area contributed by atoms with Crippen LogP contribution < -0.4 is 15.2 Å². The largest absolute Gasteiger partial charge is 0.440 e. The molecule has 0 saturated heterocycles. The maximum absolute atomic E-state index is 12.2. The predicted molar refractivity (Wildman–Crippen MR) is 120 cm³/mol. The summed E-state index contributed by atoms with van der Waals surface area (Å²) >= 11 is 0. The number of allylic oxidation sites excluding steroid dienone is 1. The Morgan fingerprint density at radius 1 is 1.12 bits per heavy atom. The molecule has 8 heteroatoms. The molecule has 0 aliphatic carbocycles. The topological polar surface area (TPSA) is 128 Å². The molecule has 4 rings (SSSR count). The minimum Gasteiger partial charge on any atom is -0.440 e. The Balaban J connectivity index is 1.61. The molecule has 0 amide bonds. The van der Waals surface area contributed by atoms with Crippen LogP contribution in [0.4, 0.5) is 5.69 Å². The smallest absolute Gasteiger partial charge is 0.336 e. The van der Waals surface area contributed by atoms with E-state index in [4.69, 9.17) is 15.2 Å². The van der Waals surface area contributed by atoms with E-state index in [9.17, 15) is 20.2 Å². The van der Waals surface area contributed by atoms with Crippen molar-refractivity contribution >= 4 is 17.7 Å². The Morgan fingerprint density at radius 2 is 1.85 bits per heavy atom. The van der Waals surface area contributed by atoms with Gasteiger partial charge in [-0.1, -0.05) is 48.5 Å². The van der Waals surface area contributed by atoms with Crippen molar-refractivity contribution in [2.24, 2.45) is 5.73 Å². The molecule has 2 N–H and O–H groups in total. The number of carbonyl (C=O) groups is 1. The average Bonchev–Trinajstić information content (AvgIpc) is 2.82. The Kier molecular flexibility index (Phi) is 5.87. The summed E-state index contributed by atoms with van der Waals surface area (Å²) in [5, 5.41) is 20.6. The molecule has 0 spiro atoms. The molecule has 1 atom stereocenters. The summed E-state index contributed by atoms with van der Waals surface area (Å²) in [6.45, 7) is 0. The number of nitrogens with zero attached hydrogens (tertiary/aromatic N) is 2. The van der Waals surface area contributed by atoms with Crippen LogP contribution in [0.1, 0.15) is 22.6 Å². The van der Waals surface area contributed by atoms with Crippen molar-refractivity contribution in [2.45, 2.75) is 5.92 Å². The van der Waals surface area contributed by atoms with E-state index >= 15 is 0 Å². The van der Waals surface area contributed by atoms with Crippen LogP contribution in [0.2, 0.25) is 0 Å². The molecule has 1 aliphatic rings. The number of carbonyl (C=O) groups excluding carboxylic acids is 1. The zero-order chi connectivity index (χ0) is 23.4. The number of fused-ring (bicyclic) bond motifs is 1. The van der Waals surface area contributed by atoms with Gasteiger partial charge < -0.3 is 15.2 Å². The van der Waals surface area contributed by atoms with E-state index < -0.39 is 16.8 Å². The first-order valence-corrected chi connectivity index (χ1v) is 9.87. The van der Waals surface area contributed by atoms with E-state index in [1.165, 1.54) is 24.3 Å². The molecule has 3 aromatic carbocycles. The molecule has 0 radical (unpaired) electrons. The van der Waals surface area contributed by atoms with Gasteiger partial charge in [0.2, 0.25) is 5.88 Å². The fourth-order valence-electron chi connectivity index (χ4n) is 3.51. The highest BCUT2D eigenvalue weighted by Crippen LogP contribution is 2.43. The highest BCUT2D eigenvalue weighted by atomic mass is 16.6. The monoisotopic (exact) mass is 439 g/mol. The van der Waals surface area contributed by atoms with Crippen LogP contribution in [-0.2, 0) is 4.79 Å². The van der Waals surface area contributed by atoms with E-state index in [0.717, 1.165) is 5.56 Å². The van der Waals surface area contributed by atoms with Gasteiger partial charge >= 0.3 is 5.97 Å². The van der Waals surface area contributed by atoms with Crippen molar-refractivity contribution in [3.8, 4) is 17.6 Å². The minimum absolute atomic E-state index is 0.0627. The van der Waals surface area contributed by atoms with Crippen molar-refractivity contribution in [1.29, 1.82) is 5.26 Å². The van der Waals surface area contributed by atoms with Gasteiger partial charge in [0, 0.05) is 29.8 Å². The average molecular weight is 439 g/mol. The molecule has 0 saturated carbocycles. The second kappa shape index (κ2) is 9.08. The number of benzene rings is 3. The van der Waals surface area contributed by atoms with Gasteiger partial charge in [0.15, 0.2) is 0 Å². The van der Waals surface area contributed by atoms with Gasteiger partial charge in [-0.05, 0) is 23.3 Å². The Bertz CT molecular complexity index is 1320. The van der Waals surface area contributed by atoms with E-state index in [-0.39, 0.29) is 22.9 Å². The summed E-state index contributed by atoms with van der Waals surface area (Å²) in [6, 6.07) is 22.0. The number of non-ortho nitro benzene ring substituents is 1. The molecule has 1 heterocycles. The van der Waals surface area contributed by atoms with Gasteiger partial charge in [-0.2, -0.15) is 5.26 Å². The van der Waals surface area contributed by atoms with E-state index in [1.54, 1.807) is 30.3 Å². The number of rotatable bonds is 5. The van der Waals surface area contributed by atoms with Crippen molar-refractivity contribution < 1.29 is 19.2 Å². The lowest BCUT2D eigenvalue weighted by Crippen LogP contribution is -2.21. The second-order valence-electron chi connectivity index (χ2n) is 7.14. The molecule has 8 nitrogen and oxygen atoms in total. The number of hydrogen-bond acceptors (Lipinski definition) is 7. The van der Waals surface area contributed by atoms with Gasteiger partial charge in [0.05, 0.1) is 10.8 Å². The summed E-state index contributed by atoms with van der Waals surface area (Å²) in [4.78, 5) is 22.7. The van der Waals surface area contributed by atoms with Crippen molar-refractivity contribution in [3.63, 3.8) is 0 Å². The van der Waals surface area contributed by atoms with Gasteiger partial charge in [-0.25, -0.2) is 4.79 Å². The van der Waals surface area contributed by atoms with Gasteiger partial charge in [-0.15, -0.1) is 0 Å². The minimum atomic E-state index is -0.581. The van der Waals surface area contributed by atoms with Crippen LogP contribution >= 0.6 is 0 Å². The van der Waals surface area contributed by atoms with Crippen LogP contribution in [0.3, 0.4) is 0 Å². The maximum Gasteiger partial charge on any atom is 0.336 e. The van der Waals surface area contributed by atoms with E-state index in [0.29, 0.717) is 16.9 Å². The summed E-state index contributed by atoms with van der Waals surface area (Å²) in [5.41, 5.74) is 8.22. The number of nitro benzene ring substituents is 1. The van der Waals surface area contributed by atoms with Crippen LogP contribution in [0.15, 0.2) is 90.3 Å². The quantitative estimate of drug-likeness (QED) is 0.205. The Morgan fingerprint density at radius 3 is 2.52 bits per heavy atom. The molecule has 0 bridgehead atoms. The van der Waals surface area contributed by atoms with Gasteiger partial charge in [-0.3, -0.25) is 10.1 Å². The second-order valence-corrected chi connectivity index (χ2v) is 7.14. The van der Waals surface area contributed by atoms with Crippen LogP contribution in [-0.4, -0.2) is 10.9 Å². The summed E-state index contributed by atoms with van der Waals surface area (Å²) in [5.74, 6) is -0.662. The van der Waals surface area contributed by atoms with Crippen molar-refractivity contribution in [2.75, 3.05) is 0 Å². The van der Waals surface area contributed by atoms with E-state index in [2.05, 4.69) is 6.07 Å². The summed E-state index contributed by atoms with van der Waals surface area (Å²) < 4.78 is 11.0. The summed E-state index contributed by atoms with van der Waals surface area (Å²) in [6.07, 6.45) is 2.96. The molecular weight excluding hydrogens is 422 g/mol. The SMILES string of the molecule is N#CC1=C(N)Oc2cc(OC(=O)/C=C/c3ccccc3)ccc2C1c1ccc([N+](=O)[O-])cc1. The lowest BCUT2D eigenvalue weighted by molar-refractivity contribution is -0.384. The third-order valence-electron chi connectivity index (χ3n) is 5.06. The van der Waals surface area contributed by atoms with E-state index in [1.807, 2.05) is 30.3 Å². The molecule has 1 unspecified atom stereocenters. The number of nitriles is 1. The Hall–Kier alpha value is -4.90. The number of nitro groups is 1. The highest BCUT2D eigenvalue weighted by molar-refractivity contribution is 5.88. The number of ether oxygens (including phenoxy) is 2. The normalized spacial score (nSPS) is 14.8. The van der Waals surface area contributed by atoms with Crippen LogP contribution in [0.25, 0.3) is 6.08 Å². The van der Waals surface area contributed by atoms with Gasteiger partial charge in [0.1, 0.15) is 23.1 Å². The van der Waals surface area contributed by atoms with Crippen LogP contribution in [0, 0.1) is 21.4 Å². The standard InChI is InChI=1S/C25H17N3O5/c26-15-21-24(17-7-9-18(10-8-17)28(30)31)20-12-11-19(14-22(20)33-25(21)27)32-23(29)13-6-16-4-2-1-3-5-16/h1-14,24H,27H2/b13-6+. The fraction of sp³-hybridized carbons (Fsp3) is 0.0400. The number of hydrogen-bond donors (Lipinski definition) is 1. The number of esters is 1. The van der Waals surface area contributed by atoms with Gasteiger partial charge in [0.25, 0.3) is 5.69 Å². The molecule has 1 aliphatic heterocycles. The predicted octanol–water partition coefficient (Wildman–Crippen LogP) is 4.43. The molecule has 0 aromatic heterocycles. The zero-order valence-corrected chi connectivity index (χ0v) is 17.2. The molecular formula is C25H17N3O5. The molecule has 3 aromatic rings.